The molecular weight excluding hydrogens is 199 g/mol. The molecule has 16 heavy (non-hydrogen) atoms. The Kier molecular flexibility index (Phi) is 3.49. The van der Waals surface area contributed by atoms with Gasteiger partial charge >= 0.3 is 0 Å². The number of rotatable bonds is 3. The molecule has 1 aromatic rings. The summed E-state index contributed by atoms with van der Waals surface area (Å²) in [5.41, 5.74) is 2.44. The first kappa shape index (κ1) is 11.1. The fraction of sp³-hybridized carbons (Fsp3) is 0.417. The van der Waals surface area contributed by atoms with Gasteiger partial charge in [0.2, 0.25) is 7.85 Å². The maximum absolute atomic E-state index is 10.8. The van der Waals surface area contributed by atoms with Crippen molar-refractivity contribution in [3.63, 3.8) is 0 Å². The molecule has 1 heterocycles. The molecule has 84 valence electrons. The number of benzene rings is 1. The summed E-state index contributed by atoms with van der Waals surface area (Å²) >= 11 is 0. The first-order valence-electron chi connectivity index (χ1n) is 5.84. The molecular formula is C12H17BN2O. The van der Waals surface area contributed by atoms with E-state index in [1.54, 1.807) is 7.85 Å². The van der Waals surface area contributed by atoms with Crippen LogP contribution in [0.2, 0.25) is 0 Å². The Morgan fingerprint density at radius 3 is 2.81 bits per heavy atom. The molecule has 3 nitrogen and oxygen atoms in total. The number of carbonyl (C=O) groups is 1. The second-order valence-corrected chi connectivity index (χ2v) is 4.27. The van der Waals surface area contributed by atoms with E-state index in [0.29, 0.717) is 6.54 Å². The maximum atomic E-state index is 10.8. The SMILES string of the molecule is BC(=O)NCc1cccc(N2CCCC2)c1. The highest BCUT2D eigenvalue weighted by atomic mass is 16.1. The molecule has 0 atom stereocenters. The van der Waals surface area contributed by atoms with Crippen molar-refractivity contribution in [2.45, 2.75) is 19.4 Å². The van der Waals surface area contributed by atoms with Gasteiger partial charge in [0, 0.05) is 25.3 Å². The van der Waals surface area contributed by atoms with Gasteiger partial charge in [-0.2, -0.15) is 0 Å². The molecule has 0 aromatic heterocycles. The summed E-state index contributed by atoms with van der Waals surface area (Å²) in [7, 11) is 1.55. The zero-order chi connectivity index (χ0) is 11.4. The number of nitrogens with one attached hydrogen (secondary N) is 1. The molecule has 1 aromatic carbocycles. The highest BCUT2D eigenvalue weighted by Crippen LogP contribution is 2.20. The molecule has 1 aliphatic rings. The van der Waals surface area contributed by atoms with Gasteiger partial charge in [-0.15, -0.1) is 0 Å². The summed E-state index contributed by atoms with van der Waals surface area (Å²) in [6, 6.07) is 8.42. The zero-order valence-corrected chi connectivity index (χ0v) is 9.70. The van der Waals surface area contributed by atoms with Gasteiger partial charge in [-0.3, -0.25) is 4.79 Å². The second kappa shape index (κ2) is 5.06. The molecule has 1 saturated heterocycles. The minimum atomic E-state index is 0.0200. The van der Waals surface area contributed by atoms with Crippen LogP contribution in [0.25, 0.3) is 0 Å². The molecule has 2 rings (SSSR count). The van der Waals surface area contributed by atoms with E-state index in [0.717, 1.165) is 13.1 Å². The van der Waals surface area contributed by atoms with E-state index < -0.39 is 0 Å². The van der Waals surface area contributed by atoms with Crippen LogP contribution in [0.4, 0.5) is 10.5 Å². The summed E-state index contributed by atoms with van der Waals surface area (Å²) in [6.07, 6.45) is 2.58. The number of amides is 1. The fourth-order valence-electron chi connectivity index (χ4n) is 2.06. The van der Waals surface area contributed by atoms with Crippen LogP contribution in [0.3, 0.4) is 0 Å². The molecule has 1 aliphatic heterocycles. The van der Waals surface area contributed by atoms with Crippen LogP contribution in [-0.2, 0) is 6.54 Å². The third-order valence-electron chi connectivity index (χ3n) is 2.92. The van der Waals surface area contributed by atoms with Crippen LogP contribution in [0.1, 0.15) is 18.4 Å². The molecule has 0 spiro atoms. The molecule has 0 saturated carbocycles. The Bertz CT molecular complexity index is 375. The second-order valence-electron chi connectivity index (χ2n) is 4.27. The Hall–Kier alpha value is -1.45. The van der Waals surface area contributed by atoms with E-state index in [1.807, 2.05) is 0 Å². The van der Waals surface area contributed by atoms with Crippen LogP contribution in [0.15, 0.2) is 24.3 Å². The first-order chi connectivity index (χ1) is 7.75. The van der Waals surface area contributed by atoms with E-state index in [-0.39, 0.29) is 5.81 Å². The van der Waals surface area contributed by atoms with Crippen molar-refractivity contribution in [3.8, 4) is 0 Å². The molecule has 0 bridgehead atoms. The van der Waals surface area contributed by atoms with E-state index in [1.165, 1.54) is 24.1 Å². The van der Waals surface area contributed by atoms with Gasteiger partial charge in [0.25, 0.3) is 0 Å². The van der Waals surface area contributed by atoms with Gasteiger partial charge in [-0.05, 0) is 30.5 Å². The monoisotopic (exact) mass is 216 g/mol. The zero-order valence-electron chi connectivity index (χ0n) is 9.70. The lowest BCUT2D eigenvalue weighted by molar-refractivity contribution is 0.259. The topological polar surface area (TPSA) is 32.3 Å². The third-order valence-corrected chi connectivity index (χ3v) is 2.92. The Balaban J connectivity index is 2.03. The van der Waals surface area contributed by atoms with Crippen LogP contribution in [-0.4, -0.2) is 26.7 Å². The fourth-order valence-corrected chi connectivity index (χ4v) is 2.06. The van der Waals surface area contributed by atoms with Gasteiger partial charge in [-0.1, -0.05) is 12.1 Å². The summed E-state index contributed by atoms with van der Waals surface area (Å²) < 4.78 is 0. The Morgan fingerprint density at radius 2 is 2.12 bits per heavy atom. The average Bonchev–Trinajstić information content (AvgIpc) is 2.80. The van der Waals surface area contributed by atoms with E-state index in [9.17, 15) is 4.79 Å². The Labute approximate surface area is 97.2 Å². The minimum Gasteiger partial charge on any atom is -0.372 e. The van der Waals surface area contributed by atoms with Gasteiger partial charge in [-0.25, -0.2) is 0 Å². The number of hydrogen-bond acceptors (Lipinski definition) is 2. The van der Waals surface area contributed by atoms with Crippen LogP contribution >= 0.6 is 0 Å². The quantitative estimate of drug-likeness (QED) is 0.768. The van der Waals surface area contributed by atoms with Crippen molar-refractivity contribution < 1.29 is 4.79 Å². The van der Waals surface area contributed by atoms with Gasteiger partial charge in [0.1, 0.15) is 0 Å². The van der Waals surface area contributed by atoms with E-state index in [2.05, 4.69) is 34.5 Å². The van der Waals surface area contributed by atoms with E-state index >= 15 is 0 Å². The molecule has 4 heteroatoms. The first-order valence-corrected chi connectivity index (χ1v) is 5.84. The lowest BCUT2D eigenvalue weighted by Gasteiger charge is -2.18. The van der Waals surface area contributed by atoms with Crippen LogP contribution < -0.4 is 10.2 Å². The number of hydrogen-bond donors (Lipinski definition) is 1. The van der Waals surface area contributed by atoms with Gasteiger partial charge in [0.05, 0.1) is 0 Å². The Morgan fingerprint density at radius 1 is 1.38 bits per heavy atom. The van der Waals surface area contributed by atoms with Crippen molar-refractivity contribution in [1.29, 1.82) is 0 Å². The average molecular weight is 216 g/mol. The molecule has 1 N–H and O–H groups in total. The van der Waals surface area contributed by atoms with Crippen molar-refractivity contribution in [3.05, 3.63) is 29.8 Å². The van der Waals surface area contributed by atoms with Crippen LogP contribution in [0, 0.1) is 0 Å². The van der Waals surface area contributed by atoms with Crippen LogP contribution in [0.5, 0.6) is 0 Å². The summed E-state index contributed by atoms with van der Waals surface area (Å²) in [5, 5.41) is 2.82. The molecule has 1 amide bonds. The normalized spacial score (nSPS) is 15.1. The number of nitrogens with zero attached hydrogens (tertiary/aromatic N) is 1. The molecule has 1 fully saturated rings. The van der Waals surface area contributed by atoms with Crippen molar-refractivity contribution in [1.82, 2.24) is 5.32 Å². The number of carbonyl (C=O) groups excluding carboxylic acids is 1. The molecule has 0 unspecified atom stereocenters. The lowest BCUT2D eigenvalue weighted by Crippen LogP contribution is -2.21. The summed E-state index contributed by atoms with van der Waals surface area (Å²) in [5.74, 6) is 0.0200. The highest BCUT2D eigenvalue weighted by Gasteiger charge is 2.12. The highest BCUT2D eigenvalue weighted by molar-refractivity contribution is 6.57. The van der Waals surface area contributed by atoms with Gasteiger partial charge < -0.3 is 10.2 Å². The molecule has 0 radical (unpaired) electrons. The predicted octanol–water partition coefficient (Wildman–Crippen LogP) is 1.13. The standard InChI is InChI=1S/C12H17BN2O/c13-12(16)14-9-10-4-3-5-11(8-10)15-6-1-2-7-15/h3-5,8H,1-2,6-7,9,13H2,(H,14,16). The maximum Gasteiger partial charge on any atom is 0.215 e. The smallest absolute Gasteiger partial charge is 0.215 e. The van der Waals surface area contributed by atoms with Crippen molar-refractivity contribution in [2.75, 3.05) is 18.0 Å². The number of anilines is 1. The van der Waals surface area contributed by atoms with Crippen molar-refractivity contribution >= 4 is 19.3 Å². The predicted molar refractivity (Wildman–Crippen MR) is 68.7 cm³/mol. The molecule has 0 aliphatic carbocycles. The largest absolute Gasteiger partial charge is 0.372 e. The van der Waals surface area contributed by atoms with Gasteiger partial charge in [0.15, 0.2) is 5.81 Å². The van der Waals surface area contributed by atoms with E-state index in [4.69, 9.17) is 0 Å². The summed E-state index contributed by atoms with van der Waals surface area (Å²) in [6.45, 7) is 2.93. The minimum absolute atomic E-state index is 0.0200. The third kappa shape index (κ3) is 2.78. The lowest BCUT2D eigenvalue weighted by atomic mass is 10.1. The summed E-state index contributed by atoms with van der Waals surface area (Å²) in [4.78, 5) is 13.2. The van der Waals surface area contributed by atoms with Crippen molar-refractivity contribution in [2.24, 2.45) is 0 Å².